The molecular formula is C15H17ClN2O3. The standard InChI is InChI=1S/C15H17ClN2O3/c1-11(19)17-6-8-18(9-7-17)13-4-2-12(14(16)10-13)3-5-15(20)21/h2-5,10H,6-9H2,1H3,(H,20,21)/b5-3+. The number of carbonyl (C=O) groups excluding carboxylic acids is 1. The number of benzene rings is 1. The van der Waals surface area contributed by atoms with Crippen molar-refractivity contribution in [2.24, 2.45) is 0 Å². The van der Waals surface area contributed by atoms with Crippen molar-refractivity contribution in [1.29, 1.82) is 0 Å². The predicted octanol–water partition coefficient (Wildman–Crippen LogP) is 2.11. The van der Waals surface area contributed by atoms with Crippen molar-refractivity contribution in [2.45, 2.75) is 6.92 Å². The molecule has 0 aromatic heterocycles. The number of carboxylic acids is 1. The lowest BCUT2D eigenvalue weighted by molar-refractivity contribution is -0.131. The summed E-state index contributed by atoms with van der Waals surface area (Å²) in [5.74, 6) is -0.905. The number of carboxylic acid groups (broad SMARTS) is 1. The normalized spacial score (nSPS) is 15.5. The van der Waals surface area contributed by atoms with E-state index in [1.807, 2.05) is 17.0 Å². The van der Waals surface area contributed by atoms with Crippen molar-refractivity contribution in [2.75, 3.05) is 31.1 Å². The second kappa shape index (κ2) is 6.63. The molecule has 1 N–H and O–H groups in total. The van der Waals surface area contributed by atoms with Crippen LogP contribution < -0.4 is 4.90 Å². The van der Waals surface area contributed by atoms with Crippen LogP contribution in [0.3, 0.4) is 0 Å². The third kappa shape index (κ3) is 3.98. The molecule has 1 aromatic rings. The maximum atomic E-state index is 11.3. The average molecular weight is 309 g/mol. The molecule has 0 spiro atoms. The molecule has 112 valence electrons. The zero-order valence-corrected chi connectivity index (χ0v) is 12.5. The molecule has 0 saturated carbocycles. The van der Waals surface area contributed by atoms with Crippen LogP contribution in [-0.2, 0) is 9.59 Å². The van der Waals surface area contributed by atoms with E-state index in [1.54, 1.807) is 13.0 Å². The number of carbonyl (C=O) groups is 2. The van der Waals surface area contributed by atoms with Gasteiger partial charge in [0.15, 0.2) is 0 Å². The number of amides is 1. The first-order valence-electron chi connectivity index (χ1n) is 6.68. The molecular weight excluding hydrogens is 292 g/mol. The van der Waals surface area contributed by atoms with E-state index < -0.39 is 5.97 Å². The molecule has 0 aliphatic carbocycles. The Morgan fingerprint density at radius 1 is 1.24 bits per heavy atom. The smallest absolute Gasteiger partial charge is 0.328 e. The summed E-state index contributed by atoms with van der Waals surface area (Å²) in [4.78, 5) is 25.8. The first-order chi connectivity index (χ1) is 9.97. The summed E-state index contributed by atoms with van der Waals surface area (Å²) in [5, 5.41) is 9.14. The van der Waals surface area contributed by atoms with E-state index in [1.165, 1.54) is 6.08 Å². The van der Waals surface area contributed by atoms with E-state index >= 15 is 0 Å². The topological polar surface area (TPSA) is 60.9 Å². The van der Waals surface area contributed by atoms with Gasteiger partial charge in [0.2, 0.25) is 5.91 Å². The second-order valence-corrected chi connectivity index (χ2v) is 5.28. The summed E-state index contributed by atoms with van der Waals surface area (Å²) in [7, 11) is 0. The van der Waals surface area contributed by atoms with Gasteiger partial charge in [-0.05, 0) is 23.8 Å². The van der Waals surface area contributed by atoms with Crippen LogP contribution in [0.1, 0.15) is 12.5 Å². The highest BCUT2D eigenvalue weighted by molar-refractivity contribution is 6.32. The maximum absolute atomic E-state index is 11.3. The van der Waals surface area contributed by atoms with E-state index in [0.717, 1.165) is 24.9 Å². The lowest BCUT2D eigenvalue weighted by Crippen LogP contribution is -2.48. The summed E-state index contributed by atoms with van der Waals surface area (Å²) >= 11 is 6.18. The molecule has 5 nitrogen and oxygen atoms in total. The summed E-state index contributed by atoms with van der Waals surface area (Å²) in [6.07, 6.45) is 2.54. The van der Waals surface area contributed by atoms with E-state index in [0.29, 0.717) is 23.7 Å². The molecule has 1 aromatic carbocycles. The molecule has 0 unspecified atom stereocenters. The Hall–Kier alpha value is -2.01. The van der Waals surface area contributed by atoms with Crippen LogP contribution in [0.5, 0.6) is 0 Å². The van der Waals surface area contributed by atoms with Gasteiger partial charge in [0.05, 0.1) is 0 Å². The Labute approximate surface area is 128 Å². The van der Waals surface area contributed by atoms with Crippen LogP contribution >= 0.6 is 11.6 Å². The highest BCUT2D eigenvalue weighted by Gasteiger charge is 2.19. The highest BCUT2D eigenvalue weighted by atomic mass is 35.5. The molecule has 1 aliphatic rings. The molecule has 1 amide bonds. The van der Waals surface area contributed by atoms with Crippen LogP contribution in [0.25, 0.3) is 6.08 Å². The molecule has 0 bridgehead atoms. The number of hydrogen-bond donors (Lipinski definition) is 1. The van der Waals surface area contributed by atoms with Crippen molar-refractivity contribution in [3.8, 4) is 0 Å². The fraction of sp³-hybridized carbons (Fsp3) is 0.333. The van der Waals surface area contributed by atoms with Crippen LogP contribution in [0.15, 0.2) is 24.3 Å². The van der Waals surface area contributed by atoms with Gasteiger partial charge in [-0.25, -0.2) is 4.79 Å². The SMILES string of the molecule is CC(=O)N1CCN(c2ccc(/C=C/C(=O)O)c(Cl)c2)CC1. The first-order valence-corrected chi connectivity index (χ1v) is 7.06. The van der Waals surface area contributed by atoms with E-state index in [2.05, 4.69) is 4.90 Å². The number of rotatable bonds is 3. The molecule has 0 radical (unpaired) electrons. The van der Waals surface area contributed by atoms with Crippen molar-refractivity contribution in [3.63, 3.8) is 0 Å². The van der Waals surface area contributed by atoms with Crippen LogP contribution in [0.4, 0.5) is 5.69 Å². The van der Waals surface area contributed by atoms with E-state index in [4.69, 9.17) is 16.7 Å². The Morgan fingerprint density at radius 3 is 2.43 bits per heavy atom. The number of piperazine rings is 1. The minimum Gasteiger partial charge on any atom is -0.478 e. The minimum absolute atomic E-state index is 0.0989. The number of halogens is 1. The molecule has 21 heavy (non-hydrogen) atoms. The largest absolute Gasteiger partial charge is 0.478 e. The second-order valence-electron chi connectivity index (χ2n) is 4.87. The van der Waals surface area contributed by atoms with Gasteiger partial charge in [0.25, 0.3) is 0 Å². The Kier molecular flexibility index (Phi) is 4.85. The lowest BCUT2D eigenvalue weighted by atomic mass is 10.1. The molecule has 1 saturated heterocycles. The third-order valence-electron chi connectivity index (χ3n) is 3.48. The van der Waals surface area contributed by atoms with Gasteiger partial charge in [-0.2, -0.15) is 0 Å². The van der Waals surface area contributed by atoms with Crippen LogP contribution in [0, 0.1) is 0 Å². The quantitative estimate of drug-likeness (QED) is 0.869. The summed E-state index contributed by atoms with van der Waals surface area (Å²) < 4.78 is 0. The summed E-state index contributed by atoms with van der Waals surface area (Å²) in [6, 6.07) is 5.54. The van der Waals surface area contributed by atoms with E-state index in [9.17, 15) is 9.59 Å². The zero-order chi connectivity index (χ0) is 15.4. The lowest BCUT2D eigenvalue weighted by Gasteiger charge is -2.35. The van der Waals surface area contributed by atoms with Gasteiger partial charge in [-0.3, -0.25) is 4.79 Å². The molecule has 2 rings (SSSR count). The van der Waals surface area contributed by atoms with Gasteiger partial charge in [-0.1, -0.05) is 17.7 Å². The van der Waals surface area contributed by atoms with Gasteiger partial charge in [0, 0.05) is 49.9 Å². The molecule has 0 atom stereocenters. The van der Waals surface area contributed by atoms with Gasteiger partial charge in [0.1, 0.15) is 0 Å². The fourth-order valence-corrected chi connectivity index (χ4v) is 2.53. The Balaban J connectivity index is 2.07. The Morgan fingerprint density at radius 2 is 1.90 bits per heavy atom. The van der Waals surface area contributed by atoms with Gasteiger partial charge in [-0.15, -0.1) is 0 Å². The number of hydrogen-bond acceptors (Lipinski definition) is 3. The van der Waals surface area contributed by atoms with Crippen molar-refractivity contribution in [3.05, 3.63) is 34.9 Å². The number of aliphatic carboxylic acids is 1. The molecule has 1 fully saturated rings. The van der Waals surface area contributed by atoms with Gasteiger partial charge >= 0.3 is 5.97 Å². The first kappa shape index (κ1) is 15.4. The number of anilines is 1. The van der Waals surface area contributed by atoms with Crippen LogP contribution in [0.2, 0.25) is 5.02 Å². The highest BCUT2D eigenvalue weighted by Crippen LogP contribution is 2.25. The molecule has 6 heteroatoms. The summed E-state index contributed by atoms with van der Waals surface area (Å²) in [5.41, 5.74) is 1.65. The molecule has 1 heterocycles. The number of nitrogens with zero attached hydrogens (tertiary/aromatic N) is 2. The van der Waals surface area contributed by atoms with Crippen LogP contribution in [-0.4, -0.2) is 48.1 Å². The van der Waals surface area contributed by atoms with Crippen molar-refractivity contribution >= 4 is 35.2 Å². The van der Waals surface area contributed by atoms with Crippen molar-refractivity contribution < 1.29 is 14.7 Å². The monoisotopic (exact) mass is 308 g/mol. The zero-order valence-electron chi connectivity index (χ0n) is 11.8. The predicted molar refractivity (Wildman–Crippen MR) is 82.6 cm³/mol. The minimum atomic E-state index is -1.00. The Bertz CT molecular complexity index is 578. The van der Waals surface area contributed by atoms with Gasteiger partial charge < -0.3 is 14.9 Å². The summed E-state index contributed by atoms with van der Waals surface area (Å²) in [6.45, 7) is 4.51. The maximum Gasteiger partial charge on any atom is 0.328 e. The third-order valence-corrected chi connectivity index (χ3v) is 3.81. The average Bonchev–Trinajstić information content (AvgIpc) is 2.46. The van der Waals surface area contributed by atoms with Crippen molar-refractivity contribution in [1.82, 2.24) is 4.90 Å². The van der Waals surface area contributed by atoms with E-state index in [-0.39, 0.29) is 5.91 Å². The molecule has 1 aliphatic heterocycles. The fourth-order valence-electron chi connectivity index (χ4n) is 2.29.